The van der Waals surface area contributed by atoms with Crippen LogP contribution in [0.25, 0.3) is 0 Å². The molecule has 1 aliphatic heterocycles. The maximum atomic E-state index is 3.42. The largest absolute Gasteiger partial charge is 0.314 e. The molecule has 18 heavy (non-hydrogen) atoms. The van der Waals surface area contributed by atoms with Crippen LogP contribution in [0.4, 0.5) is 0 Å². The summed E-state index contributed by atoms with van der Waals surface area (Å²) in [5.74, 6) is 1.84. The number of hydrogen-bond acceptors (Lipinski definition) is 3. The van der Waals surface area contributed by atoms with Crippen molar-refractivity contribution in [2.75, 3.05) is 46.3 Å². The fourth-order valence-corrected chi connectivity index (χ4v) is 3.34. The van der Waals surface area contributed by atoms with E-state index in [1.807, 2.05) is 0 Å². The van der Waals surface area contributed by atoms with Crippen LogP contribution in [0.3, 0.4) is 0 Å². The van der Waals surface area contributed by atoms with E-state index in [0.29, 0.717) is 0 Å². The Kier molecular flexibility index (Phi) is 5.46. The SMILES string of the molecule is CC1CCC(N(C)CCN2CCNCC2)CC1C. The van der Waals surface area contributed by atoms with Crippen molar-refractivity contribution in [2.24, 2.45) is 11.8 Å². The van der Waals surface area contributed by atoms with Gasteiger partial charge in [-0.05, 0) is 38.1 Å². The average Bonchev–Trinajstić information content (AvgIpc) is 2.40. The summed E-state index contributed by atoms with van der Waals surface area (Å²) in [7, 11) is 2.33. The van der Waals surface area contributed by atoms with E-state index in [4.69, 9.17) is 0 Å². The van der Waals surface area contributed by atoms with Gasteiger partial charge in [-0.1, -0.05) is 13.8 Å². The zero-order valence-corrected chi connectivity index (χ0v) is 12.5. The lowest BCUT2D eigenvalue weighted by atomic mass is 9.78. The minimum Gasteiger partial charge on any atom is -0.314 e. The summed E-state index contributed by atoms with van der Waals surface area (Å²) >= 11 is 0. The molecule has 2 aliphatic rings. The van der Waals surface area contributed by atoms with Gasteiger partial charge in [-0.2, -0.15) is 0 Å². The van der Waals surface area contributed by atoms with Gasteiger partial charge >= 0.3 is 0 Å². The van der Waals surface area contributed by atoms with Gasteiger partial charge in [0, 0.05) is 45.3 Å². The van der Waals surface area contributed by atoms with E-state index in [2.05, 4.69) is 36.0 Å². The average molecular weight is 253 g/mol. The summed E-state index contributed by atoms with van der Waals surface area (Å²) in [6.45, 7) is 12.1. The minimum atomic E-state index is 0.833. The molecule has 1 aliphatic carbocycles. The molecule has 3 heteroatoms. The van der Waals surface area contributed by atoms with Gasteiger partial charge in [0.25, 0.3) is 0 Å². The molecule has 1 saturated carbocycles. The second kappa shape index (κ2) is 6.88. The Morgan fingerprint density at radius 1 is 1.11 bits per heavy atom. The molecule has 2 fully saturated rings. The summed E-state index contributed by atoms with van der Waals surface area (Å²) in [5, 5.41) is 3.42. The van der Waals surface area contributed by atoms with Gasteiger partial charge < -0.3 is 10.2 Å². The third kappa shape index (κ3) is 3.94. The van der Waals surface area contributed by atoms with Crippen molar-refractivity contribution in [1.29, 1.82) is 0 Å². The molecular formula is C15H31N3. The summed E-state index contributed by atoms with van der Waals surface area (Å²) < 4.78 is 0. The van der Waals surface area contributed by atoms with Crippen LogP contribution in [0.5, 0.6) is 0 Å². The fourth-order valence-electron chi connectivity index (χ4n) is 3.34. The molecule has 106 valence electrons. The second-order valence-electron chi connectivity index (χ2n) is 6.49. The van der Waals surface area contributed by atoms with Gasteiger partial charge in [0.15, 0.2) is 0 Å². The molecule has 0 aromatic carbocycles. The first kappa shape index (κ1) is 14.3. The molecule has 0 aromatic rings. The molecule has 3 unspecified atom stereocenters. The van der Waals surface area contributed by atoms with Crippen LogP contribution < -0.4 is 5.32 Å². The number of nitrogens with zero attached hydrogens (tertiary/aromatic N) is 2. The zero-order valence-electron chi connectivity index (χ0n) is 12.5. The Morgan fingerprint density at radius 3 is 2.50 bits per heavy atom. The van der Waals surface area contributed by atoms with Gasteiger partial charge in [-0.3, -0.25) is 4.90 Å². The highest BCUT2D eigenvalue weighted by molar-refractivity contribution is 4.81. The van der Waals surface area contributed by atoms with Gasteiger partial charge in [-0.15, -0.1) is 0 Å². The van der Waals surface area contributed by atoms with Crippen LogP contribution in [0.1, 0.15) is 33.1 Å². The summed E-state index contributed by atoms with van der Waals surface area (Å²) in [6.07, 6.45) is 4.23. The topological polar surface area (TPSA) is 18.5 Å². The van der Waals surface area contributed by atoms with Crippen LogP contribution in [-0.4, -0.2) is 62.2 Å². The van der Waals surface area contributed by atoms with Crippen molar-refractivity contribution >= 4 is 0 Å². The van der Waals surface area contributed by atoms with Crippen molar-refractivity contribution in [3.8, 4) is 0 Å². The smallest absolute Gasteiger partial charge is 0.0110 e. The fraction of sp³-hybridized carbons (Fsp3) is 1.00. The predicted molar refractivity (Wildman–Crippen MR) is 77.9 cm³/mol. The third-order valence-electron chi connectivity index (χ3n) is 5.17. The highest BCUT2D eigenvalue weighted by atomic mass is 15.2. The van der Waals surface area contributed by atoms with Crippen molar-refractivity contribution in [3.63, 3.8) is 0 Å². The molecule has 1 N–H and O–H groups in total. The molecule has 0 radical (unpaired) electrons. The number of likely N-dealkylation sites (N-methyl/N-ethyl adjacent to an activating group) is 1. The first-order valence-electron chi connectivity index (χ1n) is 7.80. The van der Waals surface area contributed by atoms with Crippen molar-refractivity contribution in [1.82, 2.24) is 15.1 Å². The Bertz CT molecular complexity index is 238. The number of hydrogen-bond donors (Lipinski definition) is 1. The normalized spacial score (nSPS) is 35.0. The molecule has 2 rings (SSSR count). The van der Waals surface area contributed by atoms with E-state index in [-0.39, 0.29) is 0 Å². The van der Waals surface area contributed by atoms with E-state index in [9.17, 15) is 0 Å². The molecule has 0 amide bonds. The van der Waals surface area contributed by atoms with E-state index in [1.54, 1.807) is 0 Å². The first-order valence-corrected chi connectivity index (χ1v) is 7.80. The predicted octanol–water partition coefficient (Wildman–Crippen LogP) is 1.65. The van der Waals surface area contributed by atoms with Crippen LogP contribution in [0.15, 0.2) is 0 Å². The minimum absolute atomic E-state index is 0.833. The Hall–Kier alpha value is -0.120. The Morgan fingerprint density at radius 2 is 1.83 bits per heavy atom. The maximum absolute atomic E-state index is 3.42. The van der Waals surface area contributed by atoms with Crippen molar-refractivity contribution in [3.05, 3.63) is 0 Å². The molecule has 0 spiro atoms. The van der Waals surface area contributed by atoms with E-state index in [0.717, 1.165) is 17.9 Å². The molecule has 0 aromatic heterocycles. The summed E-state index contributed by atoms with van der Waals surface area (Å²) in [4.78, 5) is 5.21. The number of piperazine rings is 1. The lowest BCUT2D eigenvalue weighted by Gasteiger charge is -2.38. The molecule has 1 heterocycles. The second-order valence-corrected chi connectivity index (χ2v) is 6.49. The Balaban J connectivity index is 1.69. The monoisotopic (exact) mass is 253 g/mol. The molecule has 1 saturated heterocycles. The quantitative estimate of drug-likeness (QED) is 0.822. The van der Waals surface area contributed by atoms with Crippen LogP contribution in [-0.2, 0) is 0 Å². The summed E-state index contributed by atoms with van der Waals surface area (Å²) in [6, 6.07) is 0.833. The highest BCUT2D eigenvalue weighted by Crippen LogP contribution is 2.31. The molecule has 0 bridgehead atoms. The maximum Gasteiger partial charge on any atom is 0.0110 e. The molecular weight excluding hydrogens is 222 g/mol. The lowest BCUT2D eigenvalue weighted by Crippen LogP contribution is -2.47. The van der Waals surface area contributed by atoms with Crippen molar-refractivity contribution < 1.29 is 0 Å². The third-order valence-corrected chi connectivity index (χ3v) is 5.17. The first-order chi connectivity index (χ1) is 8.66. The van der Waals surface area contributed by atoms with Crippen LogP contribution in [0.2, 0.25) is 0 Å². The Labute approximate surface area is 113 Å². The van der Waals surface area contributed by atoms with Gasteiger partial charge in [0.1, 0.15) is 0 Å². The lowest BCUT2D eigenvalue weighted by molar-refractivity contribution is 0.115. The van der Waals surface area contributed by atoms with Crippen LogP contribution in [0, 0.1) is 11.8 Å². The van der Waals surface area contributed by atoms with Crippen molar-refractivity contribution in [2.45, 2.75) is 39.2 Å². The standard InChI is InChI=1S/C15H31N3/c1-13-4-5-15(12-14(13)2)17(3)10-11-18-8-6-16-7-9-18/h13-16H,4-12H2,1-3H3. The van der Waals surface area contributed by atoms with E-state index < -0.39 is 0 Å². The highest BCUT2D eigenvalue weighted by Gasteiger charge is 2.27. The molecule has 3 atom stereocenters. The van der Waals surface area contributed by atoms with E-state index in [1.165, 1.54) is 58.5 Å². The van der Waals surface area contributed by atoms with Gasteiger partial charge in [0.2, 0.25) is 0 Å². The zero-order chi connectivity index (χ0) is 13.0. The number of nitrogens with one attached hydrogen (secondary N) is 1. The summed E-state index contributed by atoms with van der Waals surface area (Å²) in [5.41, 5.74) is 0. The number of rotatable bonds is 4. The molecule has 3 nitrogen and oxygen atoms in total. The van der Waals surface area contributed by atoms with Gasteiger partial charge in [-0.25, -0.2) is 0 Å². The van der Waals surface area contributed by atoms with Gasteiger partial charge in [0.05, 0.1) is 0 Å². The van der Waals surface area contributed by atoms with E-state index >= 15 is 0 Å². The van der Waals surface area contributed by atoms with Crippen LogP contribution >= 0.6 is 0 Å².